The van der Waals surface area contributed by atoms with Gasteiger partial charge >= 0.3 is 0 Å². The molecule has 0 aliphatic rings. The van der Waals surface area contributed by atoms with Crippen LogP contribution in [0.15, 0.2) is 29.9 Å². The lowest BCUT2D eigenvalue weighted by Gasteiger charge is -2.17. The summed E-state index contributed by atoms with van der Waals surface area (Å²) in [7, 11) is 0. The van der Waals surface area contributed by atoms with Crippen LogP contribution in [0.4, 0.5) is 4.39 Å². The molecule has 19 heavy (non-hydrogen) atoms. The number of nitrogens with one attached hydrogen (secondary N) is 1. The highest BCUT2D eigenvalue weighted by Gasteiger charge is 2.14. The smallest absolute Gasteiger partial charge is 0.141 e. The van der Waals surface area contributed by atoms with Gasteiger partial charge in [-0.05, 0) is 37.1 Å². The molecule has 1 unspecified atom stereocenters. The molecule has 0 fully saturated rings. The van der Waals surface area contributed by atoms with Gasteiger partial charge in [-0.2, -0.15) is 0 Å². The monoisotopic (exact) mass is 298 g/mol. The molecule has 1 heterocycles. The normalized spacial score (nSPS) is 12.6. The van der Waals surface area contributed by atoms with E-state index in [4.69, 9.17) is 11.6 Å². The molecule has 0 aliphatic carbocycles. The van der Waals surface area contributed by atoms with Crippen LogP contribution in [-0.2, 0) is 6.42 Å². The van der Waals surface area contributed by atoms with Gasteiger partial charge in [0.2, 0.25) is 0 Å². The molecule has 0 saturated carbocycles. The molecule has 0 bridgehead atoms. The second-order valence-electron chi connectivity index (χ2n) is 4.36. The summed E-state index contributed by atoms with van der Waals surface area (Å²) in [6.45, 7) is 3.07. The van der Waals surface area contributed by atoms with Crippen LogP contribution in [0.25, 0.3) is 0 Å². The fourth-order valence-electron chi connectivity index (χ4n) is 1.89. The van der Waals surface area contributed by atoms with Crippen molar-refractivity contribution in [1.29, 1.82) is 0 Å². The van der Waals surface area contributed by atoms with E-state index in [1.807, 2.05) is 11.7 Å². The summed E-state index contributed by atoms with van der Waals surface area (Å²) >= 11 is 7.45. The van der Waals surface area contributed by atoms with Crippen molar-refractivity contribution in [3.8, 4) is 0 Å². The Bertz CT molecular complexity index is 516. The van der Waals surface area contributed by atoms with E-state index in [1.165, 1.54) is 10.9 Å². The molecule has 2 rings (SSSR count). The minimum Gasteiger partial charge on any atom is -0.309 e. The Morgan fingerprint density at radius 2 is 2.32 bits per heavy atom. The van der Waals surface area contributed by atoms with Crippen LogP contribution in [0.5, 0.6) is 0 Å². The summed E-state index contributed by atoms with van der Waals surface area (Å²) in [6, 6.07) is 5.09. The van der Waals surface area contributed by atoms with Crippen molar-refractivity contribution < 1.29 is 4.39 Å². The van der Waals surface area contributed by atoms with Crippen molar-refractivity contribution in [3.05, 3.63) is 51.2 Å². The summed E-state index contributed by atoms with van der Waals surface area (Å²) in [5, 5.41) is 3.66. The quantitative estimate of drug-likeness (QED) is 0.864. The molecule has 1 N–H and O–H groups in total. The Morgan fingerprint density at radius 3 is 2.95 bits per heavy atom. The standard InChI is InChI=1S/C14H16ClFN2S/c1-2-5-18-13(14-8-17-9-19-14)7-10-3-4-12(16)11(15)6-10/h3-4,6,8-9,13,18H,2,5,7H2,1H3. The summed E-state index contributed by atoms with van der Waals surface area (Å²) in [5.41, 5.74) is 2.85. The second kappa shape index (κ2) is 6.98. The largest absolute Gasteiger partial charge is 0.309 e. The third-order valence-corrected chi connectivity index (χ3v) is 4.04. The first-order valence-electron chi connectivity index (χ1n) is 6.26. The molecule has 0 aliphatic heterocycles. The topological polar surface area (TPSA) is 24.9 Å². The summed E-state index contributed by atoms with van der Waals surface area (Å²) in [5.74, 6) is -0.374. The SMILES string of the molecule is CCCNC(Cc1ccc(F)c(Cl)c1)c1cncs1. The maximum absolute atomic E-state index is 13.2. The predicted molar refractivity (Wildman–Crippen MR) is 78.3 cm³/mol. The number of hydrogen-bond donors (Lipinski definition) is 1. The number of thiazole rings is 1. The Labute approximate surface area is 121 Å². The third kappa shape index (κ3) is 4.00. The highest BCUT2D eigenvalue weighted by Crippen LogP contribution is 2.24. The molecular weight excluding hydrogens is 283 g/mol. The van der Waals surface area contributed by atoms with E-state index < -0.39 is 0 Å². The van der Waals surface area contributed by atoms with Crippen molar-refractivity contribution in [2.24, 2.45) is 0 Å². The Kier molecular flexibility index (Phi) is 5.31. The van der Waals surface area contributed by atoms with Gasteiger partial charge in [-0.3, -0.25) is 4.98 Å². The van der Waals surface area contributed by atoms with Crippen LogP contribution >= 0.6 is 22.9 Å². The van der Waals surface area contributed by atoms with Crippen molar-refractivity contribution >= 4 is 22.9 Å². The molecule has 0 radical (unpaired) electrons. The molecule has 1 aromatic heterocycles. The maximum Gasteiger partial charge on any atom is 0.141 e. The highest BCUT2D eigenvalue weighted by atomic mass is 35.5. The van der Waals surface area contributed by atoms with Gasteiger partial charge in [-0.15, -0.1) is 11.3 Å². The van der Waals surface area contributed by atoms with Crippen molar-refractivity contribution in [3.63, 3.8) is 0 Å². The van der Waals surface area contributed by atoms with E-state index in [9.17, 15) is 4.39 Å². The van der Waals surface area contributed by atoms with E-state index in [0.29, 0.717) is 0 Å². The van der Waals surface area contributed by atoms with Gasteiger partial charge in [0.1, 0.15) is 5.82 Å². The minimum atomic E-state index is -0.374. The van der Waals surface area contributed by atoms with Gasteiger partial charge in [0.25, 0.3) is 0 Å². The summed E-state index contributed by atoms with van der Waals surface area (Å²) < 4.78 is 13.2. The number of rotatable bonds is 6. The molecule has 2 nitrogen and oxygen atoms in total. The first kappa shape index (κ1) is 14.4. The van der Waals surface area contributed by atoms with Gasteiger partial charge in [0.15, 0.2) is 0 Å². The maximum atomic E-state index is 13.2. The zero-order valence-corrected chi connectivity index (χ0v) is 12.3. The number of benzene rings is 1. The zero-order valence-electron chi connectivity index (χ0n) is 10.7. The number of hydrogen-bond acceptors (Lipinski definition) is 3. The molecule has 102 valence electrons. The van der Waals surface area contributed by atoms with E-state index >= 15 is 0 Å². The van der Waals surface area contributed by atoms with Gasteiger partial charge in [-0.1, -0.05) is 24.6 Å². The van der Waals surface area contributed by atoms with Crippen molar-refractivity contribution in [1.82, 2.24) is 10.3 Å². The van der Waals surface area contributed by atoms with Crippen LogP contribution in [0.1, 0.15) is 29.8 Å². The third-order valence-electron chi connectivity index (χ3n) is 2.86. The van der Waals surface area contributed by atoms with Gasteiger partial charge in [0, 0.05) is 17.1 Å². The molecule has 0 saturated heterocycles. The van der Waals surface area contributed by atoms with Crippen molar-refractivity contribution in [2.45, 2.75) is 25.8 Å². The fraction of sp³-hybridized carbons (Fsp3) is 0.357. The van der Waals surface area contributed by atoms with Gasteiger partial charge in [0.05, 0.1) is 10.5 Å². The first-order chi connectivity index (χ1) is 9.20. The van der Waals surface area contributed by atoms with Crippen LogP contribution in [0, 0.1) is 5.82 Å². The highest BCUT2D eigenvalue weighted by molar-refractivity contribution is 7.09. The second-order valence-corrected chi connectivity index (χ2v) is 5.69. The number of nitrogens with zero attached hydrogens (tertiary/aromatic N) is 1. The average Bonchev–Trinajstić information content (AvgIpc) is 2.92. The number of aromatic nitrogens is 1. The zero-order chi connectivity index (χ0) is 13.7. The molecule has 1 aromatic carbocycles. The lowest BCUT2D eigenvalue weighted by molar-refractivity contribution is 0.535. The Balaban J connectivity index is 2.13. The summed E-state index contributed by atoms with van der Waals surface area (Å²) in [6.07, 6.45) is 3.73. The predicted octanol–water partition coefficient (Wildman–Crippen LogP) is 4.22. The van der Waals surface area contributed by atoms with E-state index in [2.05, 4.69) is 17.2 Å². The van der Waals surface area contributed by atoms with Crippen LogP contribution < -0.4 is 5.32 Å². The first-order valence-corrected chi connectivity index (χ1v) is 7.52. The molecule has 1 atom stereocenters. The van der Waals surface area contributed by atoms with Crippen LogP contribution in [-0.4, -0.2) is 11.5 Å². The molecule has 5 heteroatoms. The molecule has 0 amide bonds. The van der Waals surface area contributed by atoms with Crippen LogP contribution in [0.2, 0.25) is 5.02 Å². The van der Waals surface area contributed by atoms with Crippen LogP contribution in [0.3, 0.4) is 0 Å². The summed E-state index contributed by atoms with van der Waals surface area (Å²) in [4.78, 5) is 5.31. The molecule has 0 spiro atoms. The van der Waals surface area contributed by atoms with Gasteiger partial charge in [-0.25, -0.2) is 4.39 Å². The van der Waals surface area contributed by atoms with E-state index in [-0.39, 0.29) is 16.9 Å². The average molecular weight is 299 g/mol. The molecular formula is C14H16ClFN2S. The van der Waals surface area contributed by atoms with Gasteiger partial charge < -0.3 is 5.32 Å². The molecule has 2 aromatic rings. The van der Waals surface area contributed by atoms with E-state index in [1.54, 1.807) is 23.5 Å². The Hall–Kier alpha value is -0.970. The van der Waals surface area contributed by atoms with E-state index in [0.717, 1.165) is 24.9 Å². The fourth-order valence-corrected chi connectivity index (χ4v) is 2.79. The Morgan fingerprint density at radius 1 is 1.47 bits per heavy atom. The lowest BCUT2D eigenvalue weighted by Crippen LogP contribution is -2.23. The number of halogens is 2. The lowest BCUT2D eigenvalue weighted by atomic mass is 10.0. The van der Waals surface area contributed by atoms with Crippen molar-refractivity contribution in [2.75, 3.05) is 6.54 Å². The minimum absolute atomic E-state index is 0.177.